The van der Waals surface area contributed by atoms with Gasteiger partial charge in [-0.05, 0) is 17.9 Å². The van der Waals surface area contributed by atoms with Gasteiger partial charge in [0.25, 0.3) is 5.91 Å². The van der Waals surface area contributed by atoms with Crippen molar-refractivity contribution in [2.75, 3.05) is 13.6 Å². The van der Waals surface area contributed by atoms with Crippen LogP contribution < -0.4 is 5.73 Å². The van der Waals surface area contributed by atoms with Gasteiger partial charge in [-0.3, -0.25) is 4.79 Å². The molecular formula is C11H17N3O2S. The fourth-order valence-electron chi connectivity index (χ4n) is 1.47. The molecular weight excluding hydrogens is 238 g/mol. The predicted molar refractivity (Wildman–Crippen MR) is 68.6 cm³/mol. The third-order valence-corrected chi connectivity index (χ3v) is 3.46. The average Bonchev–Trinajstić information content (AvgIpc) is 2.73. The Kier molecular flexibility index (Phi) is 4.51. The molecule has 94 valence electrons. The molecule has 0 aliphatic carbocycles. The number of nitrogens with two attached hydrogens (primary N) is 1. The maximum Gasteiger partial charge on any atom is 0.254 e. The van der Waals surface area contributed by atoms with Crippen molar-refractivity contribution in [3.8, 4) is 0 Å². The first-order chi connectivity index (χ1) is 7.97. The van der Waals surface area contributed by atoms with Crippen molar-refractivity contribution in [1.82, 2.24) is 4.90 Å². The summed E-state index contributed by atoms with van der Waals surface area (Å²) in [7, 11) is 1.71. The minimum absolute atomic E-state index is 0.0404. The normalized spacial score (nSPS) is 13.5. The fourth-order valence-corrected chi connectivity index (χ4v) is 2.29. The molecule has 0 spiro atoms. The molecule has 0 aromatic carbocycles. The first kappa shape index (κ1) is 13.5. The quantitative estimate of drug-likeness (QED) is 0.370. The van der Waals surface area contributed by atoms with Crippen molar-refractivity contribution in [1.29, 1.82) is 0 Å². The number of amidine groups is 1. The number of hydrogen-bond donors (Lipinski definition) is 2. The average molecular weight is 255 g/mol. The summed E-state index contributed by atoms with van der Waals surface area (Å²) >= 11 is 1.51. The second-order valence-corrected chi connectivity index (χ2v) is 4.82. The predicted octanol–water partition coefficient (Wildman–Crippen LogP) is 1.51. The van der Waals surface area contributed by atoms with E-state index in [2.05, 4.69) is 5.16 Å². The highest BCUT2D eigenvalue weighted by molar-refractivity contribution is 7.08. The number of aryl methyl sites for hydroxylation is 1. The van der Waals surface area contributed by atoms with Gasteiger partial charge in [0.2, 0.25) is 0 Å². The molecule has 17 heavy (non-hydrogen) atoms. The number of carbonyl (C=O) groups is 1. The molecule has 3 N–H and O–H groups in total. The lowest BCUT2D eigenvalue weighted by atomic mass is 10.1. The maximum absolute atomic E-state index is 12.1. The lowest BCUT2D eigenvalue weighted by Gasteiger charge is -2.20. The van der Waals surface area contributed by atoms with E-state index in [0.29, 0.717) is 12.1 Å². The molecule has 1 heterocycles. The summed E-state index contributed by atoms with van der Waals surface area (Å²) < 4.78 is 0. The van der Waals surface area contributed by atoms with Crippen LogP contribution in [0.5, 0.6) is 0 Å². The van der Waals surface area contributed by atoms with Gasteiger partial charge in [-0.25, -0.2) is 0 Å². The van der Waals surface area contributed by atoms with Crippen LogP contribution in [-0.4, -0.2) is 35.4 Å². The second-order valence-electron chi connectivity index (χ2n) is 4.08. The molecule has 1 aromatic rings. The van der Waals surface area contributed by atoms with Crippen LogP contribution in [0.3, 0.4) is 0 Å². The van der Waals surface area contributed by atoms with Crippen molar-refractivity contribution in [3.63, 3.8) is 0 Å². The van der Waals surface area contributed by atoms with Crippen LogP contribution in [0.15, 0.2) is 15.9 Å². The van der Waals surface area contributed by atoms with Crippen LogP contribution >= 0.6 is 11.3 Å². The van der Waals surface area contributed by atoms with E-state index in [9.17, 15) is 4.79 Å². The summed E-state index contributed by atoms with van der Waals surface area (Å²) in [4.78, 5) is 13.6. The van der Waals surface area contributed by atoms with Gasteiger partial charge in [0.1, 0.15) is 5.84 Å². The SMILES string of the molecule is Cc1cscc1C(=O)N(C)CC(C)C(N)=NO. The first-order valence-corrected chi connectivity index (χ1v) is 6.17. The molecule has 0 aliphatic rings. The molecule has 1 rings (SSSR count). The van der Waals surface area contributed by atoms with Crippen molar-refractivity contribution >= 4 is 23.1 Å². The Morgan fingerprint density at radius 1 is 1.65 bits per heavy atom. The van der Waals surface area contributed by atoms with Crippen LogP contribution in [-0.2, 0) is 0 Å². The summed E-state index contributed by atoms with van der Waals surface area (Å²) in [5, 5.41) is 15.3. The highest BCUT2D eigenvalue weighted by Gasteiger charge is 2.18. The Labute approximate surface area is 105 Å². The summed E-state index contributed by atoms with van der Waals surface area (Å²) in [5.41, 5.74) is 7.17. The second kappa shape index (κ2) is 5.67. The zero-order chi connectivity index (χ0) is 13.0. The first-order valence-electron chi connectivity index (χ1n) is 5.23. The number of rotatable bonds is 4. The molecule has 0 saturated heterocycles. The van der Waals surface area contributed by atoms with Crippen molar-refractivity contribution in [3.05, 3.63) is 21.9 Å². The van der Waals surface area contributed by atoms with Crippen LogP contribution in [0.25, 0.3) is 0 Å². The van der Waals surface area contributed by atoms with Crippen molar-refractivity contribution < 1.29 is 10.0 Å². The van der Waals surface area contributed by atoms with E-state index in [1.54, 1.807) is 18.9 Å². The molecule has 0 fully saturated rings. The molecule has 1 amide bonds. The van der Waals surface area contributed by atoms with Gasteiger partial charge in [0, 0.05) is 24.9 Å². The van der Waals surface area contributed by atoms with Gasteiger partial charge in [-0.2, -0.15) is 11.3 Å². The van der Waals surface area contributed by atoms with E-state index in [1.165, 1.54) is 11.3 Å². The van der Waals surface area contributed by atoms with Crippen LogP contribution in [0, 0.1) is 12.8 Å². The molecule has 5 nitrogen and oxygen atoms in total. The van der Waals surface area contributed by atoms with Gasteiger partial charge in [-0.1, -0.05) is 12.1 Å². The van der Waals surface area contributed by atoms with Gasteiger partial charge in [0.15, 0.2) is 0 Å². The van der Waals surface area contributed by atoms with Crippen molar-refractivity contribution in [2.45, 2.75) is 13.8 Å². The Bertz CT molecular complexity index is 428. The molecule has 6 heteroatoms. The monoisotopic (exact) mass is 255 g/mol. The van der Waals surface area contributed by atoms with E-state index in [-0.39, 0.29) is 17.7 Å². The third-order valence-electron chi connectivity index (χ3n) is 2.60. The van der Waals surface area contributed by atoms with Crippen LogP contribution in [0.4, 0.5) is 0 Å². The Morgan fingerprint density at radius 3 is 2.76 bits per heavy atom. The number of oxime groups is 1. The van der Waals surface area contributed by atoms with E-state index in [4.69, 9.17) is 10.9 Å². The van der Waals surface area contributed by atoms with Gasteiger partial charge in [-0.15, -0.1) is 0 Å². The van der Waals surface area contributed by atoms with Crippen LogP contribution in [0.1, 0.15) is 22.8 Å². The van der Waals surface area contributed by atoms with Crippen molar-refractivity contribution in [2.24, 2.45) is 16.8 Å². The van der Waals surface area contributed by atoms with E-state index < -0.39 is 0 Å². The maximum atomic E-state index is 12.1. The molecule has 0 aliphatic heterocycles. The molecule has 1 unspecified atom stereocenters. The molecule has 1 atom stereocenters. The van der Waals surface area contributed by atoms with Gasteiger partial charge >= 0.3 is 0 Å². The summed E-state index contributed by atoms with van der Waals surface area (Å²) in [6, 6.07) is 0. The number of thiophene rings is 1. The Hall–Kier alpha value is -1.56. The number of amides is 1. The third kappa shape index (κ3) is 3.20. The number of nitrogens with zero attached hydrogens (tertiary/aromatic N) is 2. The lowest BCUT2D eigenvalue weighted by Crippen LogP contribution is -2.36. The largest absolute Gasteiger partial charge is 0.409 e. The van der Waals surface area contributed by atoms with Gasteiger partial charge < -0.3 is 15.8 Å². The molecule has 1 aromatic heterocycles. The Balaban J connectivity index is 2.69. The topological polar surface area (TPSA) is 78.9 Å². The summed E-state index contributed by atoms with van der Waals surface area (Å²) in [6.07, 6.45) is 0. The standard InChI is InChI=1S/C11H17N3O2S/c1-7(10(12)13-16)4-14(3)11(15)9-6-17-5-8(9)2/h5-7,16H,4H2,1-3H3,(H2,12,13). The zero-order valence-electron chi connectivity index (χ0n) is 10.2. The number of carbonyl (C=O) groups excluding carboxylic acids is 1. The Morgan fingerprint density at radius 2 is 2.29 bits per heavy atom. The molecule has 0 bridgehead atoms. The zero-order valence-corrected chi connectivity index (χ0v) is 11.0. The fraction of sp³-hybridized carbons (Fsp3) is 0.455. The van der Waals surface area contributed by atoms with E-state index in [0.717, 1.165) is 5.56 Å². The minimum Gasteiger partial charge on any atom is -0.409 e. The van der Waals surface area contributed by atoms with E-state index in [1.807, 2.05) is 17.7 Å². The van der Waals surface area contributed by atoms with E-state index >= 15 is 0 Å². The highest BCUT2D eigenvalue weighted by Crippen LogP contribution is 2.16. The molecule has 0 saturated carbocycles. The highest BCUT2D eigenvalue weighted by atomic mass is 32.1. The van der Waals surface area contributed by atoms with Crippen LogP contribution in [0.2, 0.25) is 0 Å². The lowest BCUT2D eigenvalue weighted by molar-refractivity contribution is 0.0786. The minimum atomic E-state index is -0.173. The summed E-state index contributed by atoms with van der Waals surface area (Å²) in [5.74, 6) is -0.0825. The smallest absolute Gasteiger partial charge is 0.254 e. The summed E-state index contributed by atoms with van der Waals surface area (Å²) in [6.45, 7) is 4.13. The van der Waals surface area contributed by atoms with Gasteiger partial charge in [0.05, 0.1) is 5.56 Å². The number of hydrogen-bond acceptors (Lipinski definition) is 4. The molecule has 0 radical (unpaired) electrons.